The molecule has 0 heterocycles. The molecule has 4 nitrogen and oxygen atoms in total. The van der Waals surface area contributed by atoms with Gasteiger partial charge in [-0.15, -0.1) is 0 Å². The first-order valence-electron chi connectivity index (χ1n) is 5.80. The Morgan fingerprint density at radius 1 is 1.28 bits per heavy atom. The molecule has 1 aromatic carbocycles. The number of aryl methyl sites for hydroxylation is 1. The maximum atomic E-state index is 12.0. The minimum absolute atomic E-state index is 0.114. The number of hydrogen-bond donors (Lipinski definition) is 1. The third kappa shape index (κ3) is 3.26. The second-order valence-corrected chi connectivity index (χ2v) is 4.76. The number of amides is 1. The van der Waals surface area contributed by atoms with Gasteiger partial charge in [-0.05, 0) is 44.2 Å². The SMILES string of the molecule is CCN(CC)C(=O)Sc1c(C)cccc1C(=O)O. The lowest BCUT2D eigenvalue weighted by Crippen LogP contribution is -2.27. The van der Waals surface area contributed by atoms with E-state index in [0.717, 1.165) is 17.3 Å². The standard InChI is InChI=1S/C13H17NO3S/c1-4-14(5-2)13(17)18-11-9(3)7-6-8-10(11)12(15)16/h6-8H,4-5H2,1-3H3,(H,15,16). The van der Waals surface area contributed by atoms with E-state index in [4.69, 9.17) is 5.11 Å². The summed E-state index contributed by atoms with van der Waals surface area (Å²) in [5.74, 6) is -1.01. The van der Waals surface area contributed by atoms with Crippen LogP contribution in [0.4, 0.5) is 4.79 Å². The normalized spacial score (nSPS) is 10.2. The monoisotopic (exact) mass is 267 g/mol. The van der Waals surface area contributed by atoms with Gasteiger partial charge in [-0.2, -0.15) is 0 Å². The molecule has 1 N–H and O–H groups in total. The summed E-state index contributed by atoms with van der Waals surface area (Å²) in [6.45, 7) is 6.85. The molecule has 0 bridgehead atoms. The van der Waals surface area contributed by atoms with Crippen molar-refractivity contribution in [3.63, 3.8) is 0 Å². The van der Waals surface area contributed by atoms with Gasteiger partial charge in [0.1, 0.15) is 0 Å². The molecule has 0 spiro atoms. The summed E-state index contributed by atoms with van der Waals surface area (Å²) < 4.78 is 0. The van der Waals surface area contributed by atoms with Crippen LogP contribution in [0.3, 0.4) is 0 Å². The van der Waals surface area contributed by atoms with Gasteiger partial charge in [0, 0.05) is 18.0 Å². The van der Waals surface area contributed by atoms with Gasteiger partial charge in [0.2, 0.25) is 0 Å². The maximum Gasteiger partial charge on any atom is 0.336 e. The van der Waals surface area contributed by atoms with Crippen LogP contribution in [0.5, 0.6) is 0 Å². The highest BCUT2D eigenvalue weighted by atomic mass is 32.2. The number of benzene rings is 1. The van der Waals surface area contributed by atoms with E-state index in [2.05, 4.69) is 0 Å². The highest BCUT2D eigenvalue weighted by Crippen LogP contribution is 2.28. The Morgan fingerprint density at radius 3 is 2.39 bits per heavy atom. The first kappa shape index (κ1) is 14.6. The second-order valence-electron chi connectivity index (χ2n) is 3.80. The summed E-state index contributed by atoms with van der Waals surface area (Å²) in [4.78, 5) is 25.3. The van der Waals surface area contributed by atoms with E-state index < -0.39 is 5.97 Å². The van der Waals surface area contributed by atoms with Crippen molar-refractivity contribution in [2.45, 2.75) is 25.7 Å². The fourth-order valence-corrected chi connectivity index (χ4v) is 2.65. The molecule has 1 aromatic rings. The van der Waals surface area contributed by atoms with Crippen molar-refractivity contribution in [1.29, 1.82) is 0 Å². The van der Waals surface area contributed by atoms with E-state index >= 15 is 0 Å². The molecule has 0 aliphatic carbocycles. The summed E-state index contributed by atoms with van der Waals surface area (Å²) in [6, 6.07) is 5.02. The molecule has 1 amide bonds. The molecule has 1 rings (SSSR count). The zero-order chi connectivity index (χ0) is 13.7. The molecule has 0 aliphatic rings. The van der Waals surface area contributed by atoms with Crippen LogP contribution in [0.2, 0.25) is 0 Å². The summed E-state index contributed by atoms with van der Waals surface area (Å²) in [6.07, 6.45) is 0. The largest absolute Gasteiger partial charge is 0.478 e. The van der Waals surface area contributed by atoms with E-state index in [-0.39, 0.29) is 10.8 Å². The zero-order valence-corrected chi connectivity index (χ0v) is 11.6. The predicted molar refractivity (Wildman–Crippen MR) is 72.3 cm³/mol. The molecule has 5 heteroatoms. The molecule has 0 aromatic heterocycles. The number of carbonyl (C=O) groups excluding carboxylic acids is 1. The number of carboxylic acids is 1. The van der Waals surface area contributed by atoms with Crippen molar-refractivity contribution < 1.29 is 14.7 Å². The quantitative estimate of drug-likeness (QED) is 0.851. The highest BCUT2D eigenvalue weighted by Gasteiger charge is 2.18. The van der Waals surface area contributed by atoms with Gasteiger partial charge in [0.05, 0.1) is 5.56 Å². The lowest BCUT2D eigenvalue weighted by atomic mass is 10.1. The molecule has 98 valence electrons. The van der Waals surface area contributed by atoms with Crippen molar-refractivity contribution in [3.05, 3.63) is 29.3 Å². The first-order valence-corrected chi connectivity index (χ1v) is 6.62. The Balaban J connectivity index is 3.03. The van der Waals surface area contributed by atoms with Crippen molar-refractivity contribution in [2.75, 3.05) is 13.1 Å². The minimum Gasteiger partial charge on any atom is -0.478 e. The van der Waals surface area contributed by atoms with Crippen LogP contribution in [0.1, 0.15) is 29.8 Å². The van der Waals surface area contributed by atoms with Gasteiger partial charge < -0.3 is 10.0 Å². The molecule has 18 heavy (non-hydrogen) atoms. The molecule has 0 saturated carbocycles. The first-order chi connectivity index (χ1) is 8.51. The number of hydrogen-bond acceptors (Lipinski definition) is 3. The Morgan fingerprint density at radius 2 is 1.89 bits per heavy atom. The fraction of sp³-hybridized carbons (Fsp3) is 0.385. The van der Waals surface area contributed by atoms with E-state index in [1.807, 2.05) is 26.8 Å². The van der Waals surface area contributed by atoms with Crippen LogP contribution in [0, 0.1) is 6.92 Å². The van der Waals surface area contributed by atoms with Gasteiger partial charge in [0.15, 0.2) is 0 Å². The van der Waals surface area contributed by atoms with Crippen molar-refractivity contribution >= 4 is 23.0 Å². The number of aromatic carboxylic acids is 1. The smallest absolute Gasteiger partial charge is 0.336 e. The van der Waals surface area contributed by atoms with Crippen LogP contribution >= 0.6 is 11.8 Å². The number of thioether (sulfide) groups is 1. The number of rotatable bonds is 4. The molecule has 0 saturated heterocycles. The van der Waals surface area contributed by atoms with Crippen molar-refractivity contribution in [2.24, 2.45) is 0 Å². The van der Waals surface area contributed by atoms with Gasteiger partial charge >= 0.3 is 5.97 Å². The van der Waals surface area contributed by atoms with Crippen LogP contribution in [-0.2, 0) is 0 Å². The third-order valence-corrected chi connectivity index (χ3v) is 3.83. The van der Waals surface area contributed by atoms with Gasteiger partial charge in [-0.1, -0.05) is 12.1 Å². The van der Waals surface area contributed by atoms with E-state index in [1.54, 1.807) is 11.0 Å². The average molecular weight is 267 g/mol. The number of carbonyl (C=O) groups is 2. The van der Waals surface area contributed by atoms with E-state index in [1.165, 1.54) is 6.07 Å². The van der Waals surface area contributed by atoms with E-state index in [0.29, 0.717) is 18.0 Å². The Bertz CT molecular complexity index is 456. The Kier molecular flexibility index (Phi) is 5.22. The maximum absolute atomic E-state index is 12.0. The summed E-state index contributed by atoms with van der Waals surface area (Å²) in [5, 5.41) is 9.00. The number of carboxylic acid groups (broad SMARTS) is 1. The zero-order valence-electron chi connectivity index (χ0n) is 10.8. The Labute approximate surface area is 111 Å². The van der Waals surface area contributed by atoms with Gasteiger partial charge in [-0.25, -0.2) is 4.79 Å². The fourth-order valence-electron chi connectivity index (χ4n) is 1.59. The van der Waals surface area contributed by atoms with Crippen LogP contribution in [0.15, 0.2) is 23.1 Å². The summed E-state index contributed by atoms with van der Waals surface area (Å²) in [7, 11) is 0. The predicted octanol–water partition coefficient (Wildman–Crippen LogP) is 3.25. The summed E-state index contributed by atoms with van der Waals surface area (Å²) >= 11 is 0.989. The van der Waals surface area contributed by atoms with Gasteiger partial charge in [-0.3, -0.25) is 4.79 Å². The van der Waals surface area contributed by atoms with Crippen LogP contribution in [-0.4, -0.2) is 34.3 Å². The minimum atomic E-state index is -1.01. The number of nitrogens with zero attached hydrogens (tertiary/aromatic N) is 1. The molecule has 0 atom stereocenters. The lowest BCUT2D eigenvalue weighted by Gasteiger charge is -2.18. The van der Waals surface area contributed by atoms with Gasteiger partial charge in [0.25, 0.3) is 5.24 Å². The van der Waals surface area contributed by atoms with Crippen molar-refractivity contribution in [1.82, 2.24) is 4.90 Å². The molecule has 0 aliphatic heterocycles. The van der Waals surface area contributed by atoms with Crippen LogP contribution < -0.4 is 0 Å². The molecule has 0 fully saturated rings. The van der Waals surface area contributed by atoms with Crippen molar-refractivity contribution in [3.8, 4) is 0 Å². The molecule has 0 radical (unpaired) electrons. The highest BCUT2D eigenvalue weighted by molar-refractivity contribution is 8.13. The Hall–Kier alpha value is -1.49. The molecule has 0 unspecified atom stereocenters. The average Bonchev–Trinajstić information content (AvgIpc) is 2.33. The second kappa shape index (κ2) is 6.44. The van der Waals surface area contributed by atoms with Crippen LogP contribution in [0.25, 0.3) is 0 Å². The topological polar surface area (TPSA) is 57.6 Å². The lowest BCUT2D eigenvalue weighted by molar-refractivity contribution is 0.0693. The molecular formula is C13H17NO3S. The molecular weight excluding hydrogens is 250 g/mol. The third-order valence-electron chi connectivity index (χ3n) is 2.65. The summed E-state index contributed by atoms with van der Waals surface area (Å²) in [5.41, 5.74) is 0.987. The van der Waals surface area contributed by atoms with E-state index in [9.17, 15) is 9.59 Å².